The van der Waals surface area contributed by atoms with E-state index in [2.05, 4.69) is 15.6 Å². The molecule has 2 N–H and O–H groups in total. The highest BCUT2D eigenvalue weighted by Gasteiger charge is 2.25. The van der Waals surface area contributed by atoms with E-state index < -0.39 is 4.92 Å². The molecule has 1 saturated carbocycles. The van der Waals surface area contributed by atoms with Crippen LogP contribution < -0.4 is 15.5 Å². The highest BCUT2D eigenvalue weighted by atomic mass is 35.5. The maximum Gasteiger partial charge on any atom is 0.270 e. The second kappa shape index (κ2) is 9.58. The predicted molar refractivity (Wildman–Crippen MR) is 129 cm³/mol. The summed E-state index contributed by atoms with van der Waals surface area (Å²) in [5.41, 5.74) is 0.986. The number of nitro groups is 1. The summed E-state index contributed by atoms with van der Waals surface area (Å²) < 4.78 is 0. The predicted octanol–water partition coefficient (Wildman–Crippen LogP) is 4.41. The Kier molecular flexibility index (Phi) is 6.60. The van der Waals surface area contributed by atoms with Crippen LogP contribution in [0.5, 0.6) is 0 Å². The first-order valence-corrected chi connectivity index (χ1v) is 11.1. The molecule has 0 bridgehead atoms. The van der Waals surface area contributed by atoms with Gasteiger partial charge in [-0.1, -0.05) is 23.7 Å². The van der Waals surface area contributed by atoms with E-state index in [1.54, 1.807) is 0 Å². The monoisotopic (exact) mass is 468 g/mol. The van der Waals surface area contributed by atoms with Gasteiger partial charge in [-0.3, -0.25) is 14.9 Å². The topological polar surface area (TPSA) is 113 Å². The molecular formula is C23H25ClN6O3. The average Bonchev–Trinajstić information content (AvgIpc) is 2.79. The van der Waals surface area contributed by atoms with E-state index in [9.17, 15) is 14.9 Å². The van der Waals surface area contributed by atoms with Crippen molar-refractivity contribution in [3.05, 3.63) is 63.2 Å². The van der Waals surface area contributed by atoms with Gasteiger partial charge in [-0.05, 0) is 43.9 Å². The van der Waals surface area contributed by atoms with Gasteiger partial charge in [0.05, 0.1) is 21.0 Å². The number of benzene rings is 2. The van der Waals surface area contributed by atoms with Gasteiger partial charge in [-0.2, -0.15) is 4.98 Å². The molecule has 1 aliphatic rings. The van der Waals surface area contributed by atoms with Gasteiger partial charge in [0.2, 0.25) is 5.95 Å². The molecule has 172 valence electrons. The van der Waals surface area contributed by atoms with Crippen LogP contribution in [0.3, 0.4) is 0 Å². The van der Waals surface area contributed by atoms with Gasteiger partial charge in [0.15, 0.2) is 0 Å². The maximum atomic E-state index is 12.6. The minimum absolute atomic E-state index is 0.0108. The number of anilines is 2. The molecule has 1 amide bonds. The lowest BCUT2D eigenvalue weighted by atomic mass is 9.91. The van der Waals surface area contributed by atoms with Crippen molar-refractivity contribution in [3.63, 3.8) is 0 Å². The van der Waals surface area contributed by atoms with Crippen LogP contribution in [-0.4, -0.2) is 47.0 Å². The number of rotatable bonds is 6. The molecule has 1 aromatic heterocycles. The van der Waals surface area contributed by atoms with Crippen LogP contribution >= 0.6 is 11.6 Å². The molecule has 33 heavy (non-hydrogen) atoms. The molecule has 0 atom stereocenters. The van der Waals surface area contributed by atoms with Crippen LogP contribution in [0.4, 0.5) is 17.5 Å². The molecule has 0 saturated heterocycles. The molecule has 0 unspecified atom stereocenters. The molecule has 1 aliphatic carbocycles. The highest BCUT2D eigenvalue weighted by molar-refractivity contribution is 6.34. The third-order valence-electron chi connectivity index (χ3n) is 5.81. The minimum atomic E-state index is -0.539. The van der Waals surface area contributed by atoms with E-state index in [1.807, 2.05) is 43.3 Å². The second-order valence-electron chi connectivity index (χ2n) is 8.37. The molecule has 3 aromatic rings. The van der Waals surface area contributed by atoms with E-state index in [0.29, 0.717) is 5.95 Å². The zero-order chi connectivity index (χ0) is 23.5. The van der Waals surface area contributed by atoms with Crippen LogP contribution in [0.15, 0.2) is 42.5 Å². The van der Waals surface area contributed by atoms with Crippen molar-refractivity contribution in [2.75, 3.05) is 24.3 Å². The van der Waals surface area contributed by atoms with E-state index in [4.69, 9.17) is 16.6 Å². The van der Waals surface area contributed by atoms with Gasteiger partial charge in [-0.25, -0.2) is 4.98 Å². The first-order valence-electron chi connectivity index (χ1n) is 10.8. The van der Waals surface area contributed by atoms with Gasteiger partial charge in [0.25, 0.3) is 11.6 Å². The zero-order valence-electron chi connectivity index (χ0n) is 18.4. The molecule has 10 heteroatoms. The first-order chi connectivity index (χ1) is 15.8. The molecule has 9 nitrogen and oxygen atoms in total. The quantitative estimate of drug-likeness (QED) is 0.407. The number of amides is 1. The van der Waals surface area contributed by atoms with Crippen LogP contribution in [-0.2, 0) is 0 Å². The molecule has 0 aliphatic heterocycles. The van der Waals surface area contributed by atoms with Crippen molar-refractivity contribution in [3.8, 4) is 0 Å². The summed E-state index contributed by atoms with van der Waals surface area (Å²) in [6, 6.07) is 12.0. The molecule has 0 radical (unpaired) electrons. The molecular weight excluding hydrogens is 444 g/mol. The Morgan fingerprint density at radius 3 is 2.45 bits per heavy atom. The highest BCUT2D eigenvalue weighted by Crippen LogP contribution is 2.27. The molecule has 1 heterocycles. The lowest BCUT2D eigenvalue weighted by Crippen LogP contribution is -2.40. The number of nitrogens with one attached hydrogen (secondary N) is 2. The summed E-state index contributed by atoms with van der Waals surface area (Å²) in [7, 11) is 3.92. The Labute approximate surface area is 196 Å². The number of fused-ring (bicyclic) bond motifs is 1. The lowest BCUT2D eigenvalue weighted by molar-refractivity contribution is -0.384. The summed E-state index contributed by atoms with van der Waals surface area (Å²) in [6.07, 6.45) is 3.29. The fourth-order valence-electron chi connectivity index (χ4n) is 4.09. The smallest absolute Gasteiger partial charge is 0.270 e. The van der Waals surface area contributed by atoms with E-state index in [0.717, 1.165) is 42.4 Å². The van der Waals surface area contributed by atoms with Crippen molar-refractivity contribution in [2.45, 2.75) is 37.8 Å². The zero-order valence-corrected chi connectivity index (χ0v) is 19.2. The third kappa shape index (κ3) is 5.14. The van der Waals surface area contributed by atoms with Crippen molar-refractivity contribution < 1.29 is 9.72 Å². The molecule has 0 spiro atoms. The average molecular weight is 469 g/mol. The Morgan fingerprint density at radius 2 is 1.79 bits per heavy atom. The van der Waals surface area contributed by atoms with Crippen molar-refractivity contribution >= 4 is 45.9 Å². The number of non-ortho nitro benzene ring substituents is 1. The summed E-state index contributed by atoms with van der Waals surface area (Å²) in [5.74, 6) is 1.14. The fourth-order valence-corrected chi connectivity index (χ4v) is 4.36. The number of aromatic nitrogens is 2. The molecule has 1 fully saturated rings. The van der Waals surface area contributed by atoms with Gasteiger partial charge in [0, 0.05) is 43.7 Å². The minimum Gasteiger partial charge on any atom is -0.362 e. The van der Waals surface area contributed by atoms with Crippen LogP contribution in [0.2, 0.25) is 5.02 Å². The Balaban J connectivity index is 1.37. The summed E-state index contributed by atoms with van der Waals surface area (Å²) >= 11 is 6.08. The fraction of sp³-hybridized carbons (Fsp3) is 0.348. The number of carbonyl (C=O) groups is 1. The van der Waals surface area contributed by atoms with Crippen molar-refractivity contribution in [1.82, 2.24) is 15.3 Å². The molecule has 2 aromatic carbocycles. The summed E-state index contributed by atoms with van der Waals surface area (Å²) in [6.45, 7) is 0. The number of halogens is 1. The Morgan fingerprint density at radius 1 is 1.09 bits per heavy atom. The number of hydrogen-bond acceptors (Lipinski definition) is 7. The van der Waals surface area contributed by atoms with Crippen LogP contribution in [0.25, 0.3) is 10.9 Å². The normalized spacial score (nSPS) is 18.0. The number of carbonyl (C=O) groups excluding carboxylic acids is 1. The first kappa shape index (κ1) is 22.7. The van der Waals surface area contributed by atoms with E-state index in [-0.39, 0.29) is 34.3 Å². The second-order valence-corrected chi connectivity index (χ2v) is 8.78. The van der Waals surface area contributed by atoms with E-state index in [1.165, 1.54) is 18.2 Å². The van der Waals surface area contributed by atoms with Gasteiger partial charge in [-0.15, -0.1) is 0 Å². The van der Waals surface area contributed by atoms with E-state index >= 15 is 0 Å². The maximum absolute atomic E-state index is 12.6. The van der Waals surface area contributed by atoms with Gasteiger partial charge in [0.1, 0.15) is 5.82 Å². The van der Waals surface area contributed by atoms with Gasteiger partial charge >= 0.3 is 0 Å². The SMILES string of the molecule is CN(C)c1nc(N[C@H]2CC[C@@H](NC(=O)c3ccc([N+](=O)[O-])cc3Cl)CC2)nc2ccccc12. The van der Waals surface area contributed by atoms with Crippen molar-refractivity contribution in [1.29, 1.82) is 0 Å². The van der Waals surface area contributed by atoms with Crippen molar-refractivity contribution in [2.24, 2.45) is 0 Å². The number of nitrogens with zero attached hydrogens (tertiary/aromatic N) is 4. The van der Waals surface area contributed by atoms with Crippen LogP contribution in [0, 0.1) is 10.1 Å². The van der Waals surface area contributed by atoms with Crippen LogP contribution in [0.1, 0.15) is 36.0 Å². The number of hydrogen-bond donors (Lipinski definition) is 2. The number of para-hydroxylation sites is 1. The third-order valence-corrected chi connectivity index (χ3v) is 6.12. The lowest BCUT2D eigenvalue weighted by Gasteiger charge is -2.30. The van der Waals surface area contributed by atoms with Gasteiger partial charge < -0.3 is 15.5 Å². The largest absolute Gasteiger partial charge is 0.362 e. The molecule has 4 rings (SSSR count). The Bertz CT molecular complexity index is 1190. The number of nitro benzene ring substituents is 1. The summed E-state index contributed by atoms with van der Waals surface area (Å²) in [5, 5.41) is 18.4. The standard InChI is InChI=1S/C23H25ClN6O3/c1-29(2)21-18-5-3-4-6-20(18)27-23(28-21)26-15-9-7-14(8-10-15)25-22(31)17-12-11-16(30(32)33)13-19(17)24/h3-6,11-15H,7-10H2,1-2H3,(H,25,31)(H,26,27,28)/t14-,15+. The Hall–Kier alpha value is -3.46. The summed E-state index contributed by atoms with van der Waals surface area (Å²) in [4.78, 5) is 34.3.